The number of benzene rings is 2. The zero-order valence-electron chi connectivity index (χ0n) is 16.5. The Balaban J connectivity index is 2.05. The van der Waals surface area contributed by atoms with Crippen LogP contribution in [0, 0.1) is 39.0 Å². The third kappa shape index (κ3) is 2.62. The lowest BCUT2D eigenvalue weighted by Crippen LogP contribution is -2.61. The van der Waals surface area contributed by atoms with Crippen LogP contribution in [0.3, 0.4) is 0 Å². The average molecular weight is 420 g/mol. The third-order valence-corrected chi connectivity index (χ3v) is 6.81. The maximum Gasteiger partial charge on any atom is 0.149 e. The minimum atomic E-state index is -1.44. The van der Waals surface area contributed by atoms with Gasteiger partial charge in [-0.15, -0.1) is 4.91 Å². The Morgan fingerprint density at radius 1 is 0.833 bits per heavy atom. The van der Waals surface area contributed by atoms with Crippen LogP contribution in [0.4, 0.5) is 17.6 Å². The number of hydrogen-bond donors (Lipinski definition) is 0. The fourth-order valence-corrected chi connectivity index (χ4v) is 5.50. The van der Waals surface area contributed by atoms with E-state index < -0.39 is 57.3 Å². The van der Waals surface area contributed by atoms with Gasteiger partial charge < -0.3 is 0 Å². The maximum absolute atomic E-state index is 14.8. The van der Waals surface area contributed by atoms with E-state index in [2.05, 4.69) is 5.29 Å². The Bertz CT molecular complexity index is 930. The van der Waals surface area contributed by atoms with Gasteiger partial charge in [-0.3, -0.25) is 4.79 Å². The number of piperidine rings is 1. The molecular formula is C22H20F4N2O2. The number of ketones is 1. The number of halogens is 4. The van der Waals surface area contributed by atoms with E-state index in [9.17, 15) is 27.3 Å². The van der Waals surface area contributed by atoms with Gasteiger partial charge in [0.25, 0.3) is 0 Å². The van der Waals surface area contributed by atoms with Crippen molar-refractivity contribution in [3.05, 3.63) is 75.7 Å². The predicted molar refractivity (Wildman–Crippen MR) is 101 cm³/mol. The van der Waals surface area contributed by atoms with E-state index in [0.717, 1.165) is 29.3 Å². The SMILES string of the molecule is CC12CCCC(C)(C1=O)C(c1c(F)cccc1F)N(N=O)C2c1c(F)cccc1F. The van der Waals surface area contributed by atoms with Crippen LogP contribution in [0.15, 0.2) is 41.7 Å². The topological polar surface area (TPSA) is 49.7 Å². The Morgan fingerprint density at radius 3 is 1.53 bits per heavy atom. The maximum atomic E-state index is 14.8. The molecule has 8 heteroatoms. The van der Waals surface area contributed by atoms with E-state index >= 15 is 0 Å². The molecule has 0 N–H and O–H groups in total. The molecule has 2 bridgehead atoms. The molecule has 2 aromatic rings. The number of Topliss-reactive ketones (excluding diaryl/α,β-unsaturated/α-hetero) is 1. The van der Waals surface area contributed by atoms with Crippen molar-refractivity contribution < 1.29 is 22.4 Å². The molecule has 2 fully saturated rings. The molecule has 0 spiro atoms. The van der Waals surface area contributed by atoms with Gasteiger partial charge >= 0.3 is 0 Å². The Morgan fingerprint density at radius 2 is 1.20 bits per heavy atom. The zero-order chi connectivity index (χ0) is 21.8. The van der Waals surface area contributed by atoms with Crippen LogP contribution >= 0.6 is 0 Å². The molecule has 4 nitrogen and oxygen atoms in total. The van der Waals surface area contributed by atoms with Crippen molar-refractivity contribution in [3.63, 3.8) is 0 Å². The Labute approximate surface area is 170 Å². The van der Waals surface area contributed by atoms with Crippen LogP contribution in [0.25, 0.3) is 0 Å². The van der Waals surface area contributed by atoms with E-state index in [1.54, 1.807) is 0 Å². The number of nitroso groups, excluding NO2 is 1. The van der Waals surface area contributed by atoms with Crippen molar-refractivity contribution in [2.45, 2.75) is 45.2 Å². The fraction of sp³-hybridized carbons (Fsp3) is 0.409. The first-order valence-corrected chi connectivity index (χ1v) is 9.71. The minimum Gasteiger partial charge on any atom is -0.298 e. The standard InChI is InChI=1S/C22H20F4N2O2/c1-21-10-5-11-22(2,20(21)29)19(17-14(25)8-4-9-15(17)26)28(27-30)18(21)16-12(23)6-3-7-13(16)24/h3-4,6-9,18-19H,5,10-11H2,1-2H3. The van der Waals surface area contributed by atoms with Crippen molar-refractivity contribution in [1.29, 1.82) is 0 Å². The largest absolute Gasteiger partial charge is 0.298 e. The van der Waals surface area contributed by atoms with Gasteiger partial charge in [-0.1, -0.05) is 32.4 Å². The van der Waals surface area contributed by atoms with Crippen LogP contribution in [-0.4, -0.2) is 10.8 Å². The highest BCUT2D eigenvalue weighted by Gasteiger charge is 2.65. The predicted octanol–water partition coefficient (Wildman–Crippen LogP) is 5.79. The molecule has 4 rings (SSSR count). The molecule has 0 radical (unpaired) electrons. The van der Waals surface area contributed by atoms with E-state index in [1.165, 1.54) is 26.0 Å². The molecule has 158 valence electrons. The molecule has 2 aliphatic rings. The van der Waals surface area contributed by atoms with Gasteiger partial charge in [0.05, 0.1) is 28.2 Å². The Hall–Kier alpha value is -2.77. The van der Waals surface area contributed by atoms with Gasteiger partial charge in [-0.25, -0.2) is 22.6 Å². The summed E-state index contributed by atoms with van der Waals surface area (Å²) < 4.78 is 59.1. The highest BCUT2D eigenvalue weighted by molar-refractivity contribution is 5.93. The van der Waals surface area contributed by atoms with Crippen molar-refractivity contribution in [1.82, 2.24) is 5.01 Å². The van der Waals surface area contributed by atoms with E-state index in [4.69, 9.17) is 0 Å². The molecular weight excluding hydrogens is 400 g/mol. The number of hydrogen-bond acceptors (Lipinski definition) is 3. The summed E-state index contributed by atoms with van der Waals surface area (Å²) >= 11 is 0. The summed E-state index contributed by atoms with van der Waals surface area (Å²) in [6, 6.07) is 3.52. The van der Waals surface area contributed by atoms with Crippen molar-refractivity contribution in [2.75, 3.05) is 0 Å². The summed E-state index contributed by atoms with van der Waals surface area (Å²) in [6.45, 7) is 3.07. The summed E-state index contributed by atoms with van der Waals surface area (Å²) in [5, 5.41) is 3.79. The van der Waals surface area contributed by atoms with Crippen LogP contribution in [0.5, 0.6) is 0 Å². The molecule has 1 heterocycles. The summed E-state index contributed by atoms with van der Waals surface area (Å²) in [5.41, 5.74) is -3.72. The lowest BCUT2D eigenvalue weighted by molar-refractivity contribution is -0.172. The summed E-state index contributed by atoms with van der Waals surface area (Å²) in [7, 11) is 0. The van der Waals surface area contributed by atoms with E-state index in [0.29, 0.717) is 6.42 Å². The van der Waals surface area contributed by atoms with Crippen LogP contribution < -0.4 is 0 Å². The van der Waals surface area contributed by atoms with Crippen LogP contribution in [0.2, 0.25) is 0 Å². The van der Waals surface area contributed by atoms with Gasteiger partial charge in [0.2, 0.25) is 0 Å². The summed E-state index contributed by atoms with van der Waals surface area (Å²) in [6.07, 6.45) is 1.02. The van der Waals surface area contributed by atoms with E-state index in [-0.39, 0.29) is 18.6 Å². The number of carbonyl (C=O) groups excluding carboxylic acids is 1. The number of fused-ring (bicyclic) bond motifs is 2. The fourth-order valence-electron chi connectivity index (χ4n) is 5.50. The van der Waals surface area contributed by atoms with Crippen LogP contribution in [0.1, 0.15) is 56.3 Å². The minimum absolute atomic E-state index is 0.262. The normalized spacial score (nSPS) is 31.0. The second kappa shape index (κ2) is 6.89. The first-order chi connectivity index (χ1) is 14.2. The average Bonchev–Trinajstić information content (AvgIpc) is 2.68. The first-order valence-electron chi connectivity index (χ1n) is 9.71. The molecule has 30 heavy (non-hydrogen) atoms. The zero-order valence-corrected chi connectivity index (χ0v) is 16.5. The van der Waals surface area contributed by atoms with E-state index in [1.807, 2.05) is 0 Å². The number of nitrogens with zero attached hydrogens (tertiary/aromatic N) is 2. The summed E-state index contributed by atoms with van der Waals surface area (Å²) in [4.78, 5) is 25.7. The lowest BCUT2D eigenvalue weighted by Gasteiger charge is -2.58. The van der Waals surface area contributed by atoms with Gasteiger partial charge in [0.1, 0.15) is 29.1 Å². The quantitative estimate of drug-likeness (QED) is 0.467. The lowest BCUT2D eigenvalue weighted by atomic mass is 9.52. The highest BCUT2D eigenvalue weighted by atomic mass is 19.1. The van der Waals surface area contributed by atoms with Crippen molar-refractivity contribution in [3.8, 4) is 0 Å². The monoisotopic (exact) mass is 420 g/mol. The van der Waals surface area contributed by atoms with Gasteiger partial charge in [-0.2, -0.15) is 0 Å². The second-order valence-electron chi connectivity index (χ2n) is 8.56. The second-order valence-corrected chi connectivity index (χ2v) is 8.56. The van der Waals surface area contributed by atoms with Crippen molar-refractivity contribution >= 4 is 5.78 Å². The Kier molecular flexibility index (Phi) is 4.71. The molecule has 1 aliphatic heterocycles. The number of carbonyl (C=O) groups is 1. The molecule has 0 aromatic heterocycles. The van der Waals surface area contributed by atoms with Gasteiger partial charge in [0.15, 0.2) is 0 Å². The molecule has 1 aliphatic carbocycles. The molecule has 1 saturated heterocycles. The van der Waals surface area contributed by atoms with Crippen LogP contribution in [-0.2, 0) is 4.79 Å². The molecule has 1 saturated carbocycles. The molecule has 4 unspecified atom stereocenters. The molecule has 2 aromatic carbocycles. The molecule has 0 amide bonds. The molecule has 4 atom stereocenters. The van der Waals surface area contributed by atoms with Crippen molar-refractivity contribution in [2.24, 2.45) is 16.1 Å². The van der Waals surface area contributed by atoms with Gasteiger partial charge in [-0.05, 0) is 37.1 Å². The van der Waals surface area contributed by atoms with Gasteiger partial charge in [0, 0.05) is 11.1 Å². The first kappa shape index (κ1) is 20.5. The number of rotatable bonds is 3. The smallest absolute Gasteiger partial charge is 0.149 e. The highest BCUT2D eigenvalue weighted by Crippen LogP contribution is 2.64. The third-order valence-electron chi connectivity index (χ3n) is 6.81. The summed E-state index contributed by atoms with van der Waals surface area (Å²) in [5.74, 6) is -4.20.